The maximum absolute atomic E-state index is 12.5. The lowest BCUT2D eigenvalue weighted by molar-refractivity contribution is -0.143. The van der Waals surface area contributed by atoms with E-state index in [1.807, 2.05) is 0 Å². The van der Waals surface area contributed by atoms with Crippen LogP contribution in [0.2, 0.25) is 0 Å². The number of rotatable bonds is 5. The van der Waals surface area contributed by atoms with Gasteiger partial charge in [-0.05, 0) is 26.0 Å². The molecule has 0 aliphatic carbocycles. The van der Waals surface area contributed by atoms with Gasteiger partial charge in [0.2, 0.25) is 5.82 Å². The Labute approximate surface area is 126 Å². The molecule has 0 aliphatic heterocycles. The molecule has 1 aromatic heterocycles. The molecule has 0 radical (unpaired) electrons. The third-order valence-corrected chi connectivity index (χ3v) is 2.91. The van der Waals surface area contributed by atoms with Crippen molar-refractivity contribution >= 4 is 22.8 Å². The first-order chi connectivity index (χ1) is 10.6. The lowest BCUT2D eigenvalue weighted by Gasteiger charge is -2.11. The van der Waals surface area contributed by atoms with E-state index in [4.69, 9.17) is 9.47 Å². The third kappa shape index (κ3) is 3.13. The first-order valence-corrected chi connectivity index (χ1v) is 6.90. The number of ether oxygens (including phenoxy) is 2. The summed E-state index contributed by atoms with van der Waals surface area (Å²) in [6.45, 7) is 3.24. The second-order valence-electron chi connectivity index (χ2n) is 4.37. The SMILES string of the molecule is CCOC(=O)Cn1c(C(=O)OCC)nc2ccccc2c1=O. The predicted molar refractivity (Wildman–Crippen MR) is 78.6 cm³/mol. The van der Waals surface area contributed by atoms with Crippen LogP contribution in [0.3, 0.4) is 0 Å². The van der Waals surface area contributed by atoms with Gasteiger partial charge in [0.15, 0.2) is 0 Å². The Kier molecular flexibility index (Phi) is 4.88. The topological polar surface area (TPSA) is 87.5 Å². The van der Waals surface area contributed by atoms with E-state index in [1.54, 1.807) is 38.1 Å². The zero-order valence-electron chi connectivity index (χ0n) is 12.4. The number of aromatic nitrogens is 2. The molecule has 0 atom stereocenters. The molecule has 116 valence electrons. The molecule has 0 unspecified atom stereocenters. The van der Waals surface area contributed by atoms with Gasteiger partial charge in [-0.1, -0.05) is 12.1 Å². The lowest BCUT2D eigenvalue weighted by atomic mass is 10.2. The van der Waals surface area contributed by atoms with Crippen LogP contribution in [0.1, 0.15) is 24.5 Å². The van der Waals surface area contributed by atoms with E-state index in [0.717, 1.165) is 4.57 Å². The highest BCUT2D eigenvalue weighted by atomic mass is 16.5. The largest absolute Gasteiger partial charge is 0.465 e. The van der Waals surface area contributed by atoms with Crippen molar-refractivity contribution in [2.24, 2.45) is 0 Å². The monoisotopic (exact) mass is 304 g/mol. The molecule has 0 saturated carbocycles. The summed E-state index contributed by atoms with van der Waals surface area (Å²) in [6, 6.07) is 6.60. The molecular formula is C15H16N2O5. The summed E-state index contributed by atoms with van der Waals surface area (Å²) in [4.78, 5) is 40.3. The molecule has 22 heavy (non-hydrogen) atoms. The third-order valence-electron chi connectivity index (χ3n) is 2.91. The van der Waals surface area contributed by atoms with Gasteiger partial charge >= 0.3 is 11.9 Å². The van der Waals surface area contributed by atoms with Gasteiger partial charge in [0, 0.05) is 0 Å². The molecule has 7 heteroatoms. The average molecular weight is 304 g/mol. The second kappa shape index (κ2) is 6.84. The fraction of sp³-hybridized carbons (Fsp3) is 0.333. The molecular weight excluding hydrogens is 288 g/mol. The molecule has 2 rings (SSSR count). The van der Waals surface area contributed by atoms with Crippen molar-refractivity contribution in [2.75, 3.05) is 13.2 Å². The maximum atomic E-state index is 12.5. The summed E-state index contributed by atoms with van der Waals surface area (Å²) in [5.41, 5.74) is -0.114. The van der Waals surface area contributed by atoms with Gasteiger partial charge in [-0.2, -0.15) is 0 Å². The van der Waals surface area contributed by atoms with E-state index >= 15 is 0 Å². The lowest BCUT2D eigenvalue weighted by Crippen LogP contribution is -2.32. The molecule has 0 N–H and O–H groups in total. The van der Waals surface area contributed by atoms with Crippen molar-refractivity contribution in [3.63, 3.8) is 0 Å². The van der Waals surface area contributed by atoms with Crippen LogP contribution in [-0.2, 0) is 20.8 Å². The van der Waals surface area contributed by atoms with Crippen molar-refractivity contribution < 1.29 is 19.1 Å². The van der Waals surface area contributed by atoms with Crippen LogP contribution in [0.4, 0.5) is 0 Å². The number of fused-ring (bicyclic) bond motifs is 1. The van der Waals surface area contributed by atoms with Crippen molar-refractivity contribution in [1.29, 1.82) is 0 Å². The normalized spacial score (nSPS) is 10.5. The van der Waals surface area contributed by atoms with E-state index in [-0.39, 0.29) is 19.0 Å². The van der Waals surface area contributed by atoms with E-state index in [2.05, 4.69) is 4.98 Å². The van der Waals surface area contributed by atoms with Crippen molar-refractivity contribution in [1.82, 2.24) is 9.55 Å². The Morgan fingerprint density at radius 3 is 2.50 bits per heavy atom. The second-order valence-corrected chi connectivity index (χ2v) is 4.37. The summed E-state index contributed by atoms with van der Waals surface area (Å²) in [7, 11) is 0. The highest BCUT2D eigenvalue weighted by Crippen LogP contribution is 2.09. The molecule has 1 aromatic carbocycles. The highest BCUT2D eigenvalue weighted by Gasteiger charge is 2.20. The fourth-order valence-electron chi connectivity index (χ4n) is 2.00. The van der Waals surface area contributed by atoms with Crippen LogP contribution < -0.4 is 5.56 Å². The van der Waals surface area contributed by atoms with Crippen LogP contribution in [-0.4, -0.2) is 34.7 Å². The summed E-state index contributed by atoms with van der Waals surface area (Å²) < 4.78 is 10.7. The van der Waals surface area contributed by atoms with Crippen LogP contribution >= 0.6 is 0 Å². The quantitative estimate of drug-likeness (QED) is 0.770. The molecule has 0 bridgehead atoms. The van der Waals surface area contributed by atoms with Gasteiger partial charge in [0.25, 0.3) is 5.56 Å². The summed E-state index contributed by atoms with van der Waals surface area (Å²) >= 11 is 0. The summed E-state index contributed by atoms with van der Waals surface area (Å²) in [5.74, 6) is -1.58. The van der Waals surface area contributed by atoms with Crippen molar-refractivity contribution in [2.45, 2.75) is 20.4 Å². The van der Waals surface area contributed by atoms with E-state index in [0.29, 0.717) is 10.9 Å². The number of hydrogen-bond donors (Lipinski definition) is 0. The molecule has 7 nitrogen and oxygen atoms in total. The zero-order chi connectivity index (χ0) is 16.1. The maximum Gasteiger partial charge on any atom is 0.374 e. The minimum absolute atomic E-state index is 0.140. The molecule has 0 fully saturated rings. The molecule has 0 amide bonds. The van der Waals surface area contributed by atoms with E-state index in [9.17, 15) is 14.4 Å². The van der Waals surface area contributed by atoms with Crippen LogP contribution in [0, 0.1) is 0 Å². The number of nitrogens with zero attached hydrogens (tertiary/aromatic N) is 2. The standard InChI is InChI=1S/C15H16N2O5/c1-3-21-12(18)9-17-13(15(20)22-4-2)16-11-8-6-5-7-10(11)14(17)19/h5-8H,3-4,9H2,1-2H3. The summed E-state index contributed by atoms with van der Waals surface area (Å²) in [5, 5.41) is 0.319. The Balaban J connectivity index is 2.60. The molecule has 1 heterocycles. The number of carbonyl (C=O) groups is 2. The highest BCUT2D eigenvalue weighted by molar-refractivity contribution is 5.89. The van der Waals surface area contributed by atoms with E-state index < -0.39 is 24.0 Å². The minimum atomic E-state index is -0.755. The van der Waals surface area contributed by atoms with Gasteiger partial charge in [-0.3, -0.25) is 14.2 Å². The number of carbonyl (C=O) groups excluding carboxylic acids is 2. The molecule has 2 aromatic rings. The van der Waals surface area contributed by atoms with Crippen LogP contribution in [0.5, 0.6) is 0 Å². The number of esters is 2. The van der Waals surface area contributed by atoms with Gasteiger partial charge in [-0.25, -0.2) is 9.78 Å². The van der Waals surface area contributed by atoms with Crippen molar-refractivity contribution in [3.05, 3.63) is 40.4 Å². The number of para-hydroxylation sites is 1. The number of hydrogen-bond acceptors (Lipinski definition) is 6. The predicted octanol–water partition coefficient (Wildman–Crippen LogP) is 1.14. The molecule has 0 saturated heterocycles. The fourth-order valence-corrected chi connectivity index (χ4v) is 2.00. The Morgan fingerprint density at radius 2 is 1.82 bits per heavy atom. The van der Waals surface area contributed by atoms with E-state index in [1.165, 1.54) is 0 Å². The van der Waals surface area contributed by atoms with Gasteiger partial charge in [0.1, 0.15) is 6.54 Å². The van der Waals surface area contributed by atoms with Gasteiger partial charge in [-0.15, -0.1) is 0 Å². The Bertz CT molecular complexity index is 766. The first kappa shape index (κ1) is 15.7. The summed E-state index contributed by atoms with van der Waals surface area (Å²) in [6.07, 6.45) is 0. The minimum Gasteiger partial charge on any atom is -0.465 e. The zero-order valence-corrected chi connectivity index (χ0v) is 12.4. The van der Waals surface area contributed by atoms with Crippen molar-refractivity contribution in [3.8, 4) is 0 Å². The Morgan fingerprint density at radius 1 is 1.14 bits per heavy atom. The molecule has 0 spiro atoms. The Hall–Kier alpha value is -2.70. The van der Waals surface area contributed by atoms with Gasteiger partial charge in [0.05, 0.1) is 24.1 Å². The van der Waals surface area contributed by atoms with Crippen LogP contribution in [0.15, 0.2) is 29.1 Å². The number of benzene rings is 1. The first-order valence-electron chi connectivity index (χ1n) is 6.90. The van der Waals surface area contributed by atoms with Crippen LogP contribution in [0.25, 0.3) is 10.9 Å². The average Bonchev–Trinajstić information content (AvgIpc) is 2.50. The van der Waals surface area contributed by atoms with Gasteiger partial charge < -0.3 is 9.47 Å². The molecule has 0 aliphatic rings. The smallest absolute Gasteiger partial charge is 0.374 e.